The Balaban J connectivity index is 1.96. The minimum Gasteiger partial charge on any atom is -0.497 e. The van der Waals surface area contributed by atoms with Crippen molar-refractivity contribution in [1.82, 2.24) is 4.90 Å². The number of nitrogens with zero attached hydrogens (tertiary/aromatic N) is 1. The van der Waals surface area contributed by atoms with Crippen molar-refractivity contribution in [3.8, 4) is 5.75 Å². The van der Waals surface area contributed by atoms with Crippen LogP contribution >= 0.6 is 0 Å². The van der Waals surface area contributed by atoms with E-state index in [-0.39, 0.29) is 11.9 Å². The van der Waals surface area contributed by atoms with Crippen molar-refractivity contribution in [3.05, 3.63) is 53.6 Å². The van der Waals surface area contributed by atoms with Gasteiger partial charge >= 0.3 is 0 Å². The van der Waals surface area contributed by atoms with Crippen LogP contribution in [0.4, 0.5) is 0 Å². The molecule has 1 aliphatic heterocycles. The fourth-order valence-corrected chi connectivity index (χ4v) is 3.53. The lowest BCUT2D eigenvalue weighted by Gasteiger charge is -2.45. The summed E-state index contributed by atoms with van der Waals surface area (Å²) in [6.07, 6.45) is 9.10. The number of amides is 1. The number of allylic oxidation sites excluding steroid dienone is 2. The topological polar surface area (TPSA) is 29.5 Å². The summed E-state index contributed by atoms with van der Waals surface area (Å²) >= 11 is 0. The molecule has 2 aliphatic rings. The van der Waals surface area contributed by atoms with Crippen LogP contribution in [0.5, 0.6) is 5.75 Å². The number of hydrogen-bond acceptors (Lipinski definition) is 2. The summed E-state index contributed by atoms with van der Waals surface area (Å²) in [5.41, 5.74) is 1.95. The molecular formula is C19H23NO2. The Morgan fingerprint density at radius 2 is 2.05 bits per heavy atom. The first-order valence-electron chi connectivity index (χ1n) is 7.84. The maximum absolute atomic E-state index is 13.0. The van der Waals surface area contributed by atoms with Gasteiger partial charge in [0.1, 0.15) is 5.75 Å². The predicted molar refractivity (Wildman–Crippen MR) is 87.8 cm³/mol. The van der Waals surface area contributed by atoms with Crippen LogP contribution in [0.2, 0.25) is 0 Å². The van der Waals surface area contributed by atoms with Crippen LogP contribution in [-0.2, 0) is 11.2 Å². The highest BCUT2D eigenvalue weighted by molar-refractivity contribution is 5.90. The third-order valence-electron chi connectivity index (χ3n) is 5.00. The first-order valence-corrected chi connectivity index (χ1v) is 7.84. The van der Waals surface area contributed by atoms with E-state index >= 15 is 0 Å². The van der Waals surface area contributed by atoms with E-state index in [9.17, 15) is 4.79 Å². The monoisotopic (exact) mass is 297 g/mol. The summed E-state index contributed by atoms with van der Waals surface area (Å²) in [4.78, 5) is 14.9. The number of likely N-dealkylation sites (tertiary alicyclic amines) is 1. The lowest BCUT2D eigenvalue weighted by Crippen LogP contribution is -2.52. The molecule has 116 valence electrons. The summed E-state index contributed by atoms with van der Waals surface area (Å²) in [7, 11) is 3.58. The molecule has 3 heteroatoms. The van der Waals surface area contributed by atoms with Crippen LogP contribution in [0.1, 0.15) is 25.3 Å². The van der Waals surface area contributed by atoms with Crippen LogP contribution < -0.4 is 4.74 Å². The highest BCUT2D eigenvalue weighted by Gasteiger charge is 2.47. The molecule has 0 bridgehead atoms. The van der Waals surface area contributed by atoms with Crippen molar-refractivity contribution in [1.29, 1.82) is 0 Å². The molecule has 1 saturated heterocycles. The Bertz CT molecular complexity index is 629. The largest absolute Gasteiger partial charge is 0.497 e. The zero-order chi connectivity index (χ0) is 15.7. The average Bonchev–Trinajstić information content (AvgIpc) is 2.55. The minimum atomic E-state index is -0.492. The van der Waals surface area contributed by atoms with E-state index in [0.29, 0.717) is 0 Å². The lowest BCUT2D eigenvalue weighted by molar-refractivity contribution is -0.140. The van der Waals surface area contributed by atoms with Crippen molar-refractivity contribution in [2.24, 2.45) is 5.41 Å². The fraction of sp³-hybridized carbons (Fsp3) is 0.421. The molecule has 1 heterocycles. The second-order valence-corrected chi connectivity index (χ2v) is 6.33. The zero-order valence-corrected chi connectivity index (χ0v) is 13.5. The van der Waals surface area contributed by atoms with Crippen LogP contribution in [0, 0.1) is 5.41 Å². The van der Waals surface area contributed by atoms with E-state index in [4.69, 9.17) is 4.74 Å². The summed E-state index contributed by atoms with van der Waals surface area (Å²) in [5.74, 6) is 1.06. The number of fused-ring (bicyclic) bond motifs is 1. The molecule has 0 N–H and O–H groups in total. The van der Waals surface area contributed by atoms with Gasteiger partial charge in [0.25, 0.3) is 0 Å². The minimum absolute atomic E-state index is 0.212. The third kappa shape index (κ3) is 2.35. The molecule has 3 rings (SSSR count). The average molecular weight is 297 g/mol. The number of ether oxygens (including phenoxy) is 1. The van der Waals surface area contributed by atoms with Crippen molar-refractivity contribution >= 4 is 5.91 Å². The Kier molecular flexibility index (Phi) is 3.81. The molecule has 0 unspecified atom stereocenters. The number of hydrogen-bond donors (Lipinski definition) is 0. The van der Waals surface area contributed by atoms with Crippen LogP contribution in [0.15, 0.2) is 48.1 Å². The number of carbonyl (C=O) groups is 1. The van der Waals surface area contributed by atoms with Crippen LogP contribution in [0.3, 0.4) is 0 Å². The molecule has 0 spiro atoms. The highest BCUT2D eigenvalue weighted by Crippen LogP contribution is 2.44. The maximum atomic E-state index is 13.0. The molecule has 2 atom stereocenters. The van der Waals surface area contributed by atoms with E-state index in [1.54, 1.807) is 7.11 Å². The second-order valence-electron chi connectivity index (χ2n) is 6.33. The van der Waals surface area contributed by atoms with E-state index in [0.717, 1.165) is 30.6 Å². The zero-order valence-electron chi connectivity index (χ0n) is 13.5. The molecule has 1 aromatic rings. The standard InChI is InChI=1S/C19H23NO2/c1-14-12-16-6-4-5-11-19(16,18(21)20(14)2)13-15-7-9-17(22-3)10-8-15/h5-11,14H,4,12-13H2,1-3H3/t14-,19-/m1/s1. The van der Waals surface area contributed by atoms with Crippen molar-refractivity contribution in [2.45, 2.75) is 32.2 Å². The second kappa shape index (κ2) is 5.64. The smallest absolute Gasteiger partial charge is 0.237 e. The van der Waals surface area contributed by atoms with Crippen molar-refractivity contribution in [2.75, 3.05) is 14.2 Å². The molecule has 0 saturated carbocycles. The number of benzene rings is 1. The summed E-state index contributed by atoms with van der Waals surface area (Å²) in [6.45, 7) is 2.12. The summed E-state index contributed by atoms with van der Waals surface area (Å²) in [5, 5.41) is 0. The van der Waals surface area contributed by atoms with Gasteiger partial charge in [-0.25, -0.2) is 0 Å². The number of methoxy groups -OCH3 is 1. The Labute approximate surface area is 132 Å². The SMILES string of the molecule is COc1ccc(C[C@]23C=CCC=C2C[C@@H](C)N(C)C3=O)cc1. The molecule has 1 aliphatic carbocycles. The van der Waals surface area contributed by atoms with Gasteiger partial charge in [-0.3, -0.25) is 4.79 Å². The molecule has 1 amide bonds. The molecular weight excluding hydrogens is 274 g/mol. The molecule has 1 fully saturated rings. The van der Waals surface area contributed by atoms with E-state index in [1.165, 1.54) is 5.57 Å². The maximum Gasteiger partial charge on any atom is 0.237 e. The van der Waals surface area contributed by atoms with Gasteiger partial charge in [-0.1, -0.05) is 35.9 Å². The Hall–Kier alpha value is -2.03. The highest BCUT2D eigenvalue weighted by atomic mass is 16.5. The van der Waals surface area contributed by atoms with Crippen molar-refractivity contribution in [3.63, 3.8) is 0 Å². The van der Waals surface area contributed by atoms with Gasteiger partial charge in [0, 0.05) is 13.1 Å². The van der Waals surface area contributed by atoms with Crippen LogP contribution in [-0.4, -0.2) is 31.0 Å². The van der Waals surface area contributed by atoms with Gasteiger partial charge in [0.15, 0.2) is 0 Å². The number of piperidine rings is 1. The normalized spacial score (nSPS) is 27.4. The molecule has 0 aromatic heterocycles. The number of carbonyl (C=O) groups excluding carboxylic acids is 1. The third-order valence-corrected chi connectivity index (χ3v) is 5.00. The number of rotatable bonds is 3. The molecule has 3 nitrogen and oxygen atoms in total. The molecule has 0 radical (unpaired) electrons. The summed E-state index contributed by atoms with van der Waals surface area (Å²) in [6, 6.07) is 8.30. The first-order chi connectivity index (χ1) is 10.6. The van der Waals surface area contributed by atoms with Gasteiger partial charge in [0.05, 0.1) is 12.5 Å². The van der Waals surface area contributed by atoms with Gasteiger partial charge in [-0.05, 0) is 43.9 Å². The van der Waals surface area contributed by atoms with E-state index < -0.39 is 5.41 Å². The first kappa shape index (κ1) is 14.9. The molecule has 22 heavy (non-hydrogen) atoms. The van der Waals surface area contributed by atoms with Gasteiger partial charge in [-0.15, -0.1) is 0 Å². The lowest BCUT2D eigenvalue weighted by atomic mass is 9.67. The van der Waals surface area contributed by atoms with Gasteiger partial charge in [-0.2, -0.15) is 0 Å². The fourth-order valence-electron chi connectivity index (χ4n) is 3.53. The van der Waals surface area contributed by atoms with Gasteiger partial charge in [0.2, 0.25) is 5.91 Å². The summed E-state index contributed by atoms with van der Waals surface area (Å²) < 4.78 is 5.22. The van der Waals surface area contributed by atoms with E-state index in [2.05, 4.69) is 37.3 Å². The van der Waals surface area contributed by atoms with Crippen LogP contribution in [0.25, 0.3) is 0 Å². The predicted octanol–water partition coefficient (Wildman–Crippen LogP) is 3.36. The Morgan fingerprint density at radius 3 is 2.73 bits per heavy atom. The van der Waals surface area contributed by atoms with E-state index in [1.807, 2.05) is 24.1 Å². The van der Waals surface area contributed by atoms with Gasteiger partial charge < -0.3 is 9.64 Å². The Morgan fingerprint density at radius 1 is 1.32 bits per heavy atom. The molecule has 1 aromatic carbocycles. The van der Waals surface area contributed by atoms with Crippen molar-refractivity contribution < 1.29 is 9.53 Å². The quantitative estimate of drug-likeness (QED) is 0.801.